The molecule has 8 heteroatoms. The summed E-state index contributed by atoms with van der Waals surface area (Å²) in [7, 11) is 4.60. The standard InChI is InChI=1S/C28H35NO7/c1-7-36-21-13-12-18(16-20(21)17(2)3)25(30)23-24(19-10-8-11-22(34-5)27(19)35-6)29(14-9-15-33-4)28(32)26(23)31/h8,10-13,16-17,24,30H,7,9,14-15H2,1-6H3/b25-23+. The number of amides is 1. The highest BCUT2D eigenvalue weighted by molar-refractivity contribution is 6.46. The molecule has 1 N–H and O–H groups in total. The van der Waals surface area contributed by atoms with Gasteiger partial charge in [-0.2, -0.15) is 0 Å². The van der Waals surface area contributed by atoms with Crippen molar-refractivity contribution in [2.75, 3.05) is 41.1 Å². The summed E-state index contributed by atoms with van der Waals surface area (Å²) >= 11 is 0. The molecule has 1 aliphatic rings. The number of hydrogen-bond donors (Lipinski definition) is 1. The summed E-state index contributed by atoms with van der Waals surface area (Å²) < 4.78 is 22.0. The van der Waals surface area contributed by atoms with E-state index in [0.717, 1.165) is 11.3 Å². The number of para-hydroxylation sites is 1. The molecular formula is C28H35NO7. The Bertz CT molecular complexity index is 1140. The third kappa shape index (κ3) is 5.18. The molecule has 1 heterocycles. The number of carbonyl (C=O) groups excluding carboxylic acids is 2. The zero-order valence-electron chi connectivity index (χ0n) is 21.8. The van der Waals surface area contributed by atoms with Crippen molar-refractivity contribution in [3.05, 3.63) is 58.7 Å². The molecule has 1 aliphatic heterocycles. The van der Waals surface area contributed by atoms with Crippen LogP contribution in [-0.2, 0) is 14.3 Å². The van der Waals surface area contributed by atoms with Crippen LogP contribution in [0.25, 0.3) is 5.76 Å². The van der Waals surface area contributed by atoms with Crippen LogP contribution in [0.3, 0.4) is 0 Å². The van der Waals surface area contributed by atoms with Gasteiger partial charge in [-0.05, 0) is 49.1 Å². The molecule has 0 radical (unpaired) electrons. The molecule has 0 aromatic heterocycles. The van der Waals surface area contributed by atoms with E-state index in [-0.39, 0.29) is 23.8 Å². The largest absolute Gasteiger partial charge is 0.507 e. The van der Waals surface area contributed by atoms with E-state index in [9.17, 15) is 14.7 Å². The molecule has 194 valence electrons. The SMILES string of the molecule is CCOc1ccc(/C(O)=C2\C(=O)C(=O)N(CCCOC)C2c2cccc(OC)c2OC)cc1C(C)C. The van der Waals surface area contributed by atoms with Crippen LogP contribution in [0.15, 0.2) is 42.0 Å². The molecule has 0 aliphatic carbocycles. The van der Waals surface area contributed by atoms with Crippen molar-refractivity contribution < 1.29 is 33.6 Å². The van der Waals surface area contributed by atoms with Gasteiger partial charge in [-0.15, -0.1) is 0 Å². The molecular weight excluding hydrogens is 462 g/mol. The van der Waals surface area contributed by atoms with Crippen LogP contribution in [0, 0.1) is 0 Å². The summed E-state index contributed by atoms with van der Waals surface area (Å²) in [4.78, 5) is 28.0. The molecule has 36 heavy (non-hydrogen) atoms. The van der Waals surface area contributed by atoms with E-state index >= 15 is 0 Å². The second kappa shape index (κ2) is 11.9. The van der Waals surface area contributed by atoms with Crippen molar-refractivity contribution in [2.24, 2.45) is 0 Å². The number of methoxy groups -OCH3 is 3. The molecule has 1 fully saturated rings. The van der Waals surface area contributed by atoms with Crippen molar-refractivity contribution in [3.8, 4) is 17.2 Å². The first-order valence-corrected chi connectivity index (χ1v) is 12.1. The Morgan fingerprint density at radius 1 is 1.06 bits per heavy atom. The monoisotopic (exact) mass is 497 g/mol. The molecule has 1 saturated heterocycles. The highest BCUT2D eigenvalue weighted by atomic mass is 16.5. The lowest BCUT2D eigenvalue weighted by atomic mass is 9.92. The minimum Gasteiger partial charge on any atom is -0.507 e. The summed E-state index contributed by atoms with van der Waals surface area (Å²) in [5, 5.41) is 11.5. The lowest BCUT2D eigenvalue weighted by molar-refractivity contribution is -0.140. The number of ketones is 1. The van der Waals surface area contributed by atoms with Crippen molar-refractivity contribution in [2.45, 2.75) is 39.2 Å². The van der Waals surface area contributed by atoms with E-state index in [1.807, 2.05) is 26.8 Å². The van der Waals surface area contributed by atoms with Gasteiger partial charge in [0.25, 0.3) is 11.7 Å². The number of aliphatic hydroxyl groups is 1. The van der Waals surface area contributed by atoms with E-state index in [2.05, 4.69) is 0 Å². The first kappa shape index (κ1) is 27.1. The molecule has 1 amide bonds. The smallest absolute Gasteiger partial charge is 0.295 e. The summed E-state index contributed by atoms with van der Waals surface area (Å²) in [6, 6.07) is 9.70. The van der Waals surface area contributed by atoms with Gasteiger partial charge < -0.3 is 29.0 Å². The fourth-order valence-corrected chi connectivity index (χ4v) is 4.53. The fraction of sp³-hybridized carbons (Fsp3) is 0.429. The van der Waals surface area contributed by atoms with Gasteiger partial charge in [-0.3, -0.25) is 9.59 Å². The lowest BCUT2D eigenvalue weighted by Gasteiger charge is -2.27. The number of ether oxygens (including phenoxy) is 4. The zero-order valence-corrected chi connectivity index (χ0v) is 21.8. The Hall–Kier alpha value is -3.52. The van der Waals surface area contributed by atoms with E-state index in [1.165, 1.54) is 19.1 Å². The molecule has 0 spiro atoms. The Morgan fingerprint density at radius 2 is 1.81 bits per heavy atom. The van der Waals surface area contributed by atoms with Gasteiger partial charge in [0.2, 0.25) is 0 Å². The highest BCUT2D eigenvalue weighted by Gasteiger charge is 2.47. The molecule has 3 rings (SSSR count). The lowest BCUT2D eigenvalue weighted by Crippen LogP contribution is -2.31. The number of Topliss-reactive ketones (excluding diaryl/α,β-unsaturated/α-hetero) is 1. The van der Waals surface area contributed by atoms with E-state index in [4.69, 9.17) is 18.9 Å². The van der Waals surface area contributed by atoms with Gasteiger partial charge in [-0.25, -0.2) is 0 Å². The summed E-state index contributed by atoms with van der Waals surface area (Å²) in [5.74, 6) is 0.00425. The molecule has 0 bridgehead atoms. The minimum atomic E-state index is -0.860. The second-order valence-corrected chi connectivity index (χ2v) is 8.76. The molecule has 1 unspecified atom stereocenters. The average molecular weight is 498 g/mol. The van der Waals surface area contributed by atoms with Crippen molar-refractivity contribution >= 4 is 17.4 Å². The third-order valence-electron chi connectivity index (χ3n) is 6.22. The maximum atomic E-state index is 13.4. The van der Waals surface area contributed by atoms with Gasteiger partial charge >= 0.3 is 0 Å². The topological polar surface area (TPSA) is 94.5 Å². The molecule has 8 nitrogen and oxygen atoms in total. The van der Waals surface area contributed by atoms with Gasteiger partial charge in [0.15, 0.2) is 11.5 Å². The van der Waals surface area contributed by atoms with Gasteiger partial charge in [0.05, 0.1) is 32.4 Å². The normalized spacial score (nSPS) is 17.1. The van der Waals surface area contributed by atoms with Crippen LogP contribution in [0.2, 0.25) is 0 Å². The maximum Gasteiger partial charge on any atom is 0.295 e. The molecule has 0 saturated carbocycles. The van der Waals surface area contributed by atoms with Crippen molar-refractivity contribution in [3.63, 3.8) is 0 Å². The van der Waals surface area contributed by atoms with Crippen LogP contribution in [0.5, 0.6) is 17.2 Å². The van der Waals surface area contributed by atoms with Crippen LogP contribution in [0.1, 0.15) is 55.8 Å². The van der Waals surface area contributed by atoms with Crippen molar-refractivity contribution in [1.29, 1.82) is 0 Å². The number of likely N-dealkylation sites (tertiary alicyclic amines) is 1. The number of aliphatic hydroxyl groups excluding tert-OH is 1. The number of hydrogen-bond acceptors (Lipinski definition) is 7. The molecule has 2 aromatic rings. The number of benzene rings is 2. The summed E-state index contributed by atoms with van der Waals surface area (Å²) in [6.45, 7) is 7.15. The first-order valence-electron chi connectivity index (χ1n) is 12.1. The van der Waals surface area contributed by atoms with Crippen LogP contribution < -0.4 is 14.2 Å². The van der Waals surface area contributed by atoms with Crippen LogP contribution in [-0.4, -0.2) is 62.8 Å². The van der Waals surface area contributed by atoms with Gasteiger partial charge in [0.1, 0.15) is 11.5 Å². The third-order valence-corrected chi connectivity index (χ3v) is 6.22. The van der Waals surface area contributed by atoms with Gasteiger partial charge in [-0.1, -0.05) is 26.0 Å². The highest BCUT2D eigenvalue weighted by Crippen LogP contribution is 2.45. The van der Waals surface area contributed by atoms with Crippen LogP contribution in [0.4, 0.5) is 0 Å². The second-order valence-electron chi connectivity index (χ2n) is 8.76. The van der Waals surface area contributed by atoms with Gasteiger partial charge in [0, 0.05) is 31.4 Å². The Morgan fingerprint density at radius 3 is 2.42 bits per heavy atom. The molecule has 2 aromatic carbocycles. The predicted octanol–water partition coefficient (Wildman–Crippen LogP) is 4.68. The fourth-order valence-electron chi connectivity index (χ4n) is 4.53. The number of carbonyl (C=O) groups is 2. The summed E-state index contributed by atoms with van der Waals surface area (Å²) in [6.07, 6.45) is 0.521. The number of rotatable bonds is 11. The van der Waals surface area contributed by atoms with E-state index < -0.39 is 17.7 Å². The maximum absolute atomic E-state index is 13.4. The predicted molar refractivity (Wildman–Crippen MR) is 137 cm³/mol. The van der Waals surface area contributed by atoms with E-state index in [1.54, 1.807) is 37.4 Å². The first-order chi connectivity index (χ1) is 17.3. The Labute approximate surface area is 212 Å². The average Bonchev–Trinajstić information content (AvgIpc) is 3.13. The molecule has 1 atom stereocenters. The zero-order chi connectivity index (χ0) is 26.4. The van der Waals surface area contributed by atoms with E-state index in [0.29, 0.717) is 42.3 Å². The summed E-state index contributed by atoms with van der Waals surface area (Å²) in [5.41, 5.74) is 1.88. The minimum absolute atomic E-state index is 0.00263. The Kier molecular flexibility index (Phi) is 8.98. The quantitative estimate of drug-likeness (QED) is 0.208. The number of nitrogens with zero attached hydrogens (tertiary/aromatic N) is 1. The van der Waals surface area contributed by atoms with Crippen molar-refractivity contribution in [1.82, 2.24) is 4.90 Å². The van der Waals surface area contributed by atoms with Crippen LogP contribution >= 0.6 is 0 Å². The Balaban J connectivity index is 2.24.